The van der Waals surface area contributed by atoms with E-state index in [0.717, 1.165) is 23.1 Å². The normalized spacial score (nSPS) is 14.3. The van der Waals surface area contributed by atoms with Crippen LogP contribution in [0.5, 0.6) is 0 Å². The highest BCUT2D eigenvalue weighted by Gasteiger charge is 2.26. The zero-order chi connectivity index (χ0) is 30.4. The summed E-state index contributed by atoms with van der Waals surface area (Å²) in [7, 11) is 6.62. The topological polar surface area (TPSA) is 133 Å². The third kappa shape index (κ3) is 11.9. The molecule has 0 aromatic carbocycles. The second-order valence-corrected chi connectivity index (χ2v) is 11.9. The zero-order valence-electron chi connectivity index (χ0n) is 24.7. The van der Waals surface area contributed by atoms with Crippen LogP contribution in [-0.4, -0.2) is 95.8 Å². The lowest BCUT2D eigenvalue weighted by atomic mass is 9.86. The summed E-state index contributed by atoms with van der Waals surface area (Å²) in [5.41, 5.74) is 1.15. The molecule has 2 aromatic rings. The van der Waals surface area contributed by atoms with Gasteiger partial charge in [-0.25, -0.2) is 14.8 Å². The van der Waals surface area contributed by atoms with Crippen LogP contribution in [0.4, 0.5) is 0 Å². The van der Waals surface area contributed by atoms with Crippen molar-refractivity contribution in [3.63, 3.8) is 0 Å². The van der Waals surface area contributed by atoms with E-state index in [0.29, 0.717) is 23.8 Å². The number of aliphatic hydroxyl groups excluding tert-OH is 2. The maximum atomic E-state index is 11.6. The summed E-state index contributed by atoms with van der Waals surface area (Å²) < 4.78 is 4.88. The third-order valence-electron chi connectivity index (χ3n) is 6.32. The fourth-order valence-corrected chi connectivity index (χ4v) is 5.73. The first kappa shape index (κ1) is 36.1. The van der Waals surface area contributed by atoms with Gasteiger partial charge in [-0.05, 0) is 52.6 Å². The fraction of sp³-hybridized carbons (Fsp3) is 0.654. The molecule has 2 radical (unpaired) electrons. The molecule has 0 saturated carbocycles. The molecule has 4 atom stereocenters. The van der Waals surface area contributed by atoms with Gasteiger partial charge >= 0.3 is 5.97 Å². The van der Waals surface area contributed by atoms with Crippen molar-refractivity contribution < 1.29 is 29.3 Å². The van der Waals surface area contributed by atoms with Crippen molar-refractivity contribution in [2.75, 3.05) is 20.7 Å². The van der Waals surface area contributed by atoms with Crippen LogP contribution in [0.1, 0.15) is 85.9 Å². The molecule has 1 unspecified atom stereocenters. The van der Waals surface area contributed by atoms with Crippen molar-refractivity contribution in [3.8, 4) is 0 Å². The van der Waals surface area contributed by atoms with E-state index < -0.39 is 18.2 Å². The van der Waals surface area contributed by atoms with Crippen LogP contribution >= 0.6 is 22.7 Å². The molecule has 0 fully saturated rings. The highest BCUT2D eigenvalue weighted by molar-refractivity contribution is 7.10. The van der Waals surface area contributed by atoms with Crippen molar-refractivity contribution >= 4 is 55.8 Å². The number of rotatable bonds is 16. The van der Waals surface area contributed by atoms with Gasteiger partial charge in [-0.3, -0.25) is 0 Å². The first-order chi connectivity index (χ1) is 18.9. The molecule has 2 rings (SSSR count). The van der Waals surface area contributed by atoms with E-state index in [4.69, 9.17) is 4.74 Å². The Hall–Kier alpha value is -1.96. The predicted molar refractivity (Wildman–Crippen MR) is 162 cm³/mol. The van der Waals surface area contributed by atoms with Crippen molar-refractivity contribution in [2.45, 2.75) is 78.7 Å². The summed E-state index contributed by atoms with van der Waals surface area (Å²) >= 11 is 2.71. The molecule has 0 bridgehead atoms. The van der Waals surface area contributed by atoms with Gasteiger partial charge in [0.05, 0.1) is 19.0 Å². The summed E-state index contributed by atoms with van der Waals surface area (Å²) in [4.78, 5) is 44.8. The third-order valence-corrected chi connectivity index (χ3v) is 8.33. The average molecular weight is 592 g/mol. The maximum Gasteiger partial charge on any atom is 0.357 e. The fourth-order valence-electron chi connectivity index (χ4n) is 4.15. The van der Waals surface area contributed by atoms with Crippen LogP contribution in [0.25, 0.3) is 0 Å². The molecule has 10 nitrogen and oxygen atoms in total. The Bertz CT molecular complexity index is 1040. The molecular formula is C26H42B2N4O6S2. The number of hydrogen-bond donors (Lipinski definition) is 2. The Labute approximate surface area is 247 Å². The standard InChI is InChI=1S/C14H22BN2O4S.C12H20BN2O2S/c1-5-21-14(20)10-7-22-13(16-10)12(19)6-11(9(2)3)17(4)15-8-18;1-8(2)10(15(4)13-7-16)5-11(17)12-14-9(3)6-18-12/h7-9,11-12,19H,5-6H2,1-4H3;6-8,10-11,17H,5H2,1-4H3/t11-,12+;10?,11-/m00/s1. The smallest absolute Gasteiger partial charge is 0.357 e. The largest absolute Gasteiger partial charge is 0.461 e. The zero-order valence-corrected chi connectivity index (χ0v) is 26.3. The lowest BCUT2D eigenvalue weighted by Gasteiger charge is -2.31. The first-order valence-electron chi connectivity index (χ1n) is 13.3. The van der Waals surface area contributed by atoms with E-state index in [9.17, 15) is 24.6 Å². The Morgan fingerprint density at radius 1 is 0.925 bits per heavy atom. The number of thiazole rings is 2. The van der Waals surface area contributed by atoms with Gasteiger partial charge in [-0.2, -0.15) is 0 Å². The van der Waals surface area contributed by atoms with Crippen LogP contribution in [0.15, 0.2) is 10.8 Å². The monoisotopic (exact) mass is 592 g/mol. The van der Waals surface area contributed by atoms with E-state index in [1.165, 1.54) is 37.5 Å². The van der Waals surface area contributed by atoms with Gasteiger partial charge in [0.1, 0.15) is 22.2 Å². The second-order valence-electron chi connectivity index (χ2n) is 10.1. The Balaban J connectivity index is 0.000000408. The molecule has 220 valence electrons. The summed E-state index contributed by atoms with van der Waals surface area (Å²) in [6.07, 6.45) is 1.14. The first-order valence-corrected chi connectivity index (χ1v) is 15.0. The summed E-state index contributed by atoms with van der Waals surface area (Å²) in [6.45, 7) is 12.2. The lowest BCUT2D eigenvalue weighted by molar-refractivity contribution is 0.0519. The van der Waals surface area contributed by atoms with Gasteiger partial charge in [-0.1, -0.05) is 27.7 Å². The van der Waals surface area contributed by atoms with Crippen molar-refractivity contribution in [1.29, 1.82) is 0 Å². The molecule has 0 aliphatic heterocycles. The van der Waals surface area contributed by atoms with E-state index in [1.54, 1.807) is 24.2 Å². The molecule has 0 aliphatic rings. The van der Waals surface area contributed by atoms with Crippen LogP contribution in [-0.2, 0) is 14.3 Å². The predicted octanol–water partition coefficient (Wildman–Crippen LogP) is 3.15. The summed E-state index contributed by atoms with van der Waals surface area (Å²) in [5.74, 6) is 0.117. The van der Waals surface area contributed by atoms with Gasteiger partial charge in [0.2, 0.25) is 0 Å². The summed E-state index contributed by atoms with van der Waals surface area (Å²) in [5, 5.41) is 25.3. The minimum atomic E-state index is -0.789. The van der Waals surface area contributed by atoms with Gasteiger partial charge in [0.15, 0.2) is 5.69 Å². The average Bonchev–Trinajstić information content (AvgIpc) is 3.56. The second kappa shape index (κ2) is 18.5. The molecule has 0 aliphatic carbocycles. The highest BCUT2D eigenvalue weighted by Crippen LogP contribution is 2.27. The number of hydrogen-bond acceptors (Lipinski definition) is 12. The molecular weight excluding hydrogens is 550 g/mol. The van der Waals surface area contributed by atoms with Gasteiger partial charge in [0.25, 0.3) is 14.8 Å². The van der Waals surface area contributed by atoms with Crippen LogP contribution in [0.3, 0.4) is 0 Å². The molecule has 0 spiro atoms. The minimum absolute atomic E-state index is 0.00450. The molecule has 2 heterocycles. The van der Waals surface area contributed by atoms with Gasteiger partial charge in [0, 0.05) is 28.5 Å². The van der Waals surface area contributed by atoms with E-state index >= 15 is 0 Å². The highest BCUT2D eigenvalue weighted by atomic mass is 32.1. The molecule has 0 saturated heterocycles. The molecule has 14 heteroatoms. The minimum Gasteiger partial charge on any atom is -0.461 e. The number of aliphatic hydroxyl groups is 2. The number of aromatic nitrogens is 2. The van der Waals surface area contributed by atoms with Crippen LogP contribution in [0, 0.1) is 18.8 Å². The lowest BCUT2D eigenvalue weighted by Crippen LogP contribution is -2.40. The van der Waals surface area contributed by atoms with Crippen molar-refractivity contribution in [3.05, 3.63) is 32.2 Å². The van der Waals surface area contributed by atoms with Crippen LogP contribution in [0.2, 0.25) is 0 Å². The number of esters is 1. The van der Waals surface area contributed by atoms with Crippen molar-refractivity contribution in [1.82, 2.24) is 19.6 Å². The van der Waals surface area contributed by atoms with Gasteiger partial charge < -0.3 is 34.2 Å². The Morgan fingerprint density at radius 3 is 1.75 bits per heavy atom. The molecule has 40 heavy (non-hydrogen) atoms. The van der Waals surface area contributed by atoms with E-state index in [-0.39, 0.29) is 30.3 Å². The van der Waals surface area contributed by atoms with E-state index in [2.05, 4.69) is 23.8 Å². The number of ether oxygens (including phenoxy) is 1. The van der Waals surface area contributed by atoms with Crippen LogP contribution < -0.4 is 0 Å². The number of carbonyl (C=O) groups excluding carboxylic acids is 3. The number of nitrogens with zero attached hydrogens (tertiary/aromatic N) is 4. The molecule has 2 aromatic heterocycles. The molecule has 0 amide bonds. The Kier molecular flexibility index (Phi) is 16.7. The maximum absolute atomic E-state index is 11.6. The van der Waals surface area contributed by atoms with E-state index in [1.807, 2.05) is 38.0 Å². The van der Waals surface area contributed by atoms with Crippen molar-refractivity contribution in [2.24, 2.45) is 11.8 Å². The quantitative estimate of drug-likeness (QED) is 0.170. The number of carbonyl (C=O) groups is 3. The molecule has 2 N–H and O–H groups in total. The number of aryl methyl sites for hydroxylation is 1. The van der Waals surface area contributed by atoms with Gasteiger partial charge in [-0.15, -0.1) is 22.7 Å². The SMILES string of the molecule is CCOC(=O)c1csc([C@H](O)C[C@@H](C(C)C)N(C)[B]C=O)n1.Cc1csc([C@@H](O)CC(C(C)C)N(C)[B]C=O)n1. The summed E-state index contributed by atoms with van der Waals surface area (Å²) in [6, 6.07) is 0.115. The Morgan fingerprint density at radius 2 is 1.38 bits per heavy atom.